The molecule has 1 atom stereocenters. The number of halogens is 2. The first-order chi connectivity index (χ1) is 11.4. The highest BCUT2D eigenvalue weighted by Gasteiger charge is 2.20. The Morgan fingerprint density at radius 3 is 2.46 bits per heavy atom. The number of amides is 1. The fourth-order valence-corrected chi connectivity index (χ4v) is 1.86. The first kappa shape index (κ1) is 19.8. The molecule has 0 fully saturated rings. The molecular weight excluding hydrogens is 326 g/mol. The van der Waals surface area contributed by atoms with Gasteiger partial charge in [0.15, 0.2) is 0 Å². The molecule has 9 heteroatoms. The molecule has 0 aliphatic rings. The number of nitrogens with one attached hydrogen (secondary N) is 2. The minimum Gasteiger partial charge on any atom is -0.480 e. The summed E-state index contributed by atoms with van der Waals surface area (Å²) < 4.78 is 33.1. The smallest absolute Gasteiger partial charge is 0.387 e. The molecule has 0 aliphatic carbocycles. The highest BCUT2D eigenvalue weighted by atomic mass is 19.3. The number of anilines is 1. The summed E-state index contributed by atoms with van der Waals surface area (Å²) in [5.74, 6) is -1.68. The predicted octanol–water partition coefficient (Wildman–Crippen LogP) is 1.70. The number of hydrogen-bond acceptors (Lipinski definition) is 5. The van der Waals surface area contributed by atoms with E-state index in [0.717, 1.165) is 0 Å². The molecule has 0 bridgehead atoms. The van der Waals surface area contributed by atoms with Gasteiger partial charge in [-0.2, -0.15) is 8.78 Å². The van der Waals surface area contributed by atoms with Crippen molar-refractivity contribution in [1.82, 2.24) is 5.32 Å². The maximum absolute atomic E-state index is 12.0. The highest BCUT2D eigenvalue weighted by molar-refractivity contribution is 5.94. The molecule has 134 valence electrons. The second-order valence-electron chi connectivity index (χ2n) is 4.85. The van der Waals surface area contributed by atoms with Crippen LogP contribution in [0.5, 0.6) is 5.75 Å². The second kappa shape index (κ2) is 10.5. The first-order valence-corrected chi connectivity index (χ1v) is 7.22. The lowest BCUT2D eigenvalue weighted by molar-refractivity contribution is -0.141. The zero-order chi connectivity index (χ0) is 17.9. The molecule has 0 aliphatic heterocycles. The predicted molar refractivity (Wildman–Crippen MR) is 82.2 cm³/mol. The van der Waals surface area contributed by atoms with Crippen molar-refractivity contribution < 1.29 is 33.0 Å². The number of carboxylic acids is 1. The summed E-state index contributed by atoms with van der Waals surface area (Å²) >= 11 is 0. The number of benzene rings is 1. The standard InChI is InChI=1S/C15H20F2N2O5/c1-23-8-2-7-18-12(14(21)22)9-13(20)19-10-3-5-11(6-4-10)24-15(16)17/h3-6,12,15,18H,2,7-9H2,1H3,(H,19,20)(H,21,22). The van der Waals surface area contributed by atoms with Crippen LogP contribution in [0, 0.1) is 0 Å². The molecule has 24 heavy (non-hydrogen) atoms. The van der Waals surface area contributed by atoms with E-state index < -0.39 is 24.5 Å². The lowest BCUT2D eigenvalue weighted by atomic mass is 10.2. The summed E-state index contributed by atoms with van der Waals surface area (Å²) in [6.07, 6.45) is 0.352. The fraction of sp³-hybridized carbons (Fsp3) is 0.467. The summed E-state index contributed by atoms with van der Waals surface area (Å²) in [5, 5.41) is 14.4. The molecular formula is C15H20F2N2O5. The monoisotopic (exact) mass is 346 g/mol. The van der Waals surface area contributed by atoms with Crippen LogP contribution in [0.4, 0.5) is 14.5 Å². The van der Waals surface area contributed by atoms with E-state index in [2.05, 4.69) is 15.4 Å². The zero-order valence-electron chi connectivity index (χ0n) is 13.1. The van der Waals surface area contributed by atoms with Crippen LogP contribution in [0.3, 0.4) is 0 Å². The van der Waals surface area contributed by atoms with Crippen LogP contribution in [0.1, 0.15) is 12.8 Å². The van der Waals surface area contributed by atoms with Crippen molar-refractivity contribution in [2.24, 2.45) is 0 Å². The third kappa shape index (κ3) is 7.84. The molecule has 1 amide bonds. The number of carbonyl (C=O) groups excluding carboxylic acids is 1. The Balaban J connectivity index is 2.48. The molecule has 3 N–H and O–H groups in total. The van der Waals surface area contributed by atoms with Crippen LogP contribution in [0.25, 0.3) is 0 Å². The van der Waals surface area contributed by atoms with E-state index in [0.29, 0.717) is 25.3 Å². The van der Waals surface area contributed by atoms with E-state index >= 15 is 0 Å². The highest BCUT2D eigenvalue weighted by Crippen LogP contribution is 2.17. The van der Waals surface area contributed by atoms with Gasteiger partial charge in [0.1, 0.15) is 11.8 Å². The molecule has 1 unspecified atom stereocenters. The fourth-order valence-electron chi connectivity index (χ4n) is 1.86. The SMILES string of the molecule is COCCCNC(CC(=O)Nc1ccc(OC(F)F)cc1)C(=O)O. The number of alkyl halides is 2. The third-order valence-corrected chi connectivity index (χ3v) is 2.97. The van der Waals surface area contributed by atoms with E-state index in [1.165, 1.54) is 24.3 Å². The number of ether oxygens (including phenoxy) is 2. The largest absolute Gasteiger partial charge is 0.480 e. The van der Waals surface area contributed by atoms with Gasteiger partial charge in [-0.25, -0.2) is 0 Å². The zero-order valence-corrected chi connectivity index (χ0v) is 13.1. The van der Waals surface area contributed by atoms with Gasteiger partial charge in [-0.05, 0) is 37.2 Å². The average Bonchev–Trinajstić information content (AvgIpc) is 2.51. The molecule has 1 aromatic carbocycles. The lowest BCUT2D eigenvalue weighted by Crippen LogP contribution is -2.40. The Kier molecular flexibility index (Phi) is 8.66. The summed E-state index contributed by atoms with van der Waals surface area (Å²) in [4.78, 5) is 23.0. The lowest BCUT2D eigenvalue weighted by Gasteiger charge is -2.14. The maximum Gasteiger partial charge on any atom is 0.387 e. The Bertz CT molecular complexity index is 525. The van der Waals surface area contributed by atoms with Gasteiger partial charge < -0.3 is 25.2 Å². The molecule has 0 aromatic heterocycles. The van der Waals surface area contributed by atoms with Crippen molar-refractivity contribution in [3.8, 4) is 5.75 Å². The van der Waals surface area contributed by atoms with E-state index in [1.807, 2.05) is 0 Å². The van der Waals surface area contributed by atoms with Crippen molar-refractivity contribution in [1.29, 1.82) is 0 Å². The Morgan fingerprint density at radius 1 is 1.25 bits per heavy atom. The molecule has 7 nitrogen and oxygen atoms in total. The molecule has 0 radical (unpaired) electrons. The van der Waals surface area contributed by atoms with Crippen LogP contribution >= 0.6 is 0 Å². The summed E-state index contributed by atoms with van der Waals surface area (Å²) in [5.41, 5.74) is 0.352. The normalized spacial score (nSPS) is 12.0. The number of rotatable bonds is 11. The van der Waals surface area contributed by atoms with Gasteiger partial charge in [-0.1, -0.05) is 0 Å². The number of methoxy groups -OCH3 is 1. The third-order valence-electron chi connectivity index (χ3n) is 2.97. The number of hydrogen-bond donors (Lipinski definition) is 3. The van der Waals surface area contributed by atoms with Crippen LogP contribution in [0.15, 0.2) is 24.3 Å². The molecule has 0 saturated heterocycles. The number of carbonyl (C=O) groups is 2. The van der Waals surface area contributed by atoms with Crippen molar-refractivity contribution in [2.45, 2.75) is 25.5 Å². The van der Waals surface area contributed by atoms with Crippen molar-refractivity contribution >= 4 is 17.6 Å². The van der Waals surface area contributed by atoms with E-state index in [9.17, 15) is 18.4 Å². The quantitative estimate of drug-likeness (QED) is 0.528. The van der Waals surface area contributed by atoms with Gasteiger partial charge in [0.25, 0.3) is 0 Å². The van der Waals surface area contributed by atoms with Gasteiger partial charge in [0.2, 0.25) is 5.91 Å². The Morgan fingerprint density at radius 2 is 1.92 bits per heavy atom. The van der Waals surface area contributed by atoms with E-state index in [-0.39, 0.29) is 12.2 Å². The molecule has 0 heterocycles. The van der Waals surface area contributed by atoms with Crippen molar-refractivity contribution in [2.75, 3.05) is 25.6 Å². The van der Waals surface area contributed by atoms with Crippen LogP contribution < -0.4 is 15.4 Å². The van der Waals surface area contributed by atoms with Gasteiger partial charge >= 0.3 is 12.6 Å². The molecule has 0 spiro atoms. The molecule has 1 aromatic rings. The van der Waals surface area contributed by atoms with Crippen molar-refractivity contribution in [3.05, 3.63) is 24.3 Å². The topological polar surface area (TPSA) is 96.9 Å². The summed E-state index contributed by atoms with van der Waals surface area (Å²) in [6, 6.07) is 4.30. The average molecular weight is 346 g/mol. The van der Waals surface area contributed by atoms with Crippen LogP contribution in [0.2, 0.25) is 0 Å². The van der Waals surface area contributed by atoms with Gasteiger partial charge in [-0.3, -0.25) is 9.59 Å². The summed E-state index contributed by atoms with van der Waals surface area (Å²) in [7, 11) is 1.54. The molecule has 0 saturated carbocycles. The van der Waals surface area contributed by atoms with E-state index in [4.69, 9.17) is 9.84 Å². The minimum atomic E-state index is -2.93. The van der Waals surface area contributed by atoms with Crippen LogP contribution in [-0.4, -0.2) is 49.9 Å². The molecule has 1 rings (SSSR count). The minimum absolute atomic E-state index is 0.0359. The summed E-state index contributed by atoms with van der Waals surface area (Å²) in [6.45, 7) is -2.04. The number of aliphatic carboxylic acids is 1. The van der Waals surface area contributed by atoms with Gasteiger partial charge in [0.05, 0.1) is 6.42 Å². The van der Waals surface area contributed by atoms with Crippen LogP contribution in [-0.2, 0) is 14.3 Å². The Labute approximate surface area is 137 Å². The van der Waals surface area contributed by atoms with E-state index in [1.54, 1.807) is 7.11 Å². The number of carboxylic acid groups (broad SMARTS) is 1. The van der Waals surface area contributed by atoms with Gasteiger partial charge in [0, 0.05) is 19.4 Å². The van der Waals surface area contributed by atoms with Crippen molar-refractivity contribution in [3.63, 3.8) is 0 Å². The first-order valence-electron chi connectivity index (χ1n) is 7.22. The van der Waals surface area contributed by atoms with Gasteiger partial charge in [-0.15, -0.1) is 0 Å². The second-order valence-corrected chi connectivity index (χ2v) is 4.85. The Hall–Kier alpha value is -2.26. The maximum atomic E-state index is 12.0.